The van der Waals surface area contributed by atoms with Crippen molar-refractivity contribution in [3.63, 3.8) is 0 Å². The molecule has 4 nitrogen and oxygen atoms in total. The molecule has 0 spiro atoms. The highest BCUT2D eigenvalue weighted by molar-refractivity contribution is 6.41. The third-order valence-corrected chi connectivity index (χ3v) is 5.30. The maximum Gasteiger partial charge on any atom is 0.214 e. The number of halogens is 4. The van der Waals surface area contributed by atoms with E-state index < -0.39 is 6.10 Å². The number of fused-ring (bicyclic) bond motifs is 2. The van der Waals surface area contributed by atoms with E-state index in [1.807, 2.05) is 0 Å². The van der Waals surface area contributed by atoms with Crippen molar-refractivity contribution in [1.29, 1.82) is 0 Å². The molecule has 2 aliphatic rings. The minimum Gasteiger partial charge on any atom is -0.382 e. The first kappa shape index (κ1) is 16.1. The summed E-state index contributed by atoms with van der Waals surface area (Å²) in [6.07, 6.45) is -1.12. The number of benzene rings is 2. The zero-order valence-corrected chi connectivity index (χ0v) is 14.8. The smallest absolute Gasteiger partial charge is 0.214 e. The van der Waals surface area contributed by atoms with Crippen molar-refractivity contribution in [2.24, 2.45) is 0 Å². The van der Waals surface area contributed by atoms with Crippen molar-refractivity contribution < 1.29 is 9.90 Å². The molecule has 2 aromatic carbocycles. The summed E-state index contributed by atoms with van der Waals surface area (Å²) in [6, 6.07) is 6.35. The van der Waals surface area contributed by atoms with Crippen molar-refractivity contribution in [3.05, 3.63) is 66.9 Å². The minimum atomic E-state index is -1.12. The average molecular weight is 402 g/mol. The van der Waals surface area contributed by atoms with Crippen LogP contribution in [0.1, 0.15) is 22.0 Å². The number of allylic oxidation sites excluding steroid dienone is 1. The number of aliphatic hydroxyl groups is 1. The van der Waals surface area contributed by atoms with E-state index in [2.05, 4.69) is 10.6 Å². The Balaban J connectivity index is 1.88. The maximum atomic E-state index is 12.7. The van der Waals surface area contributed by atoms with E-state index >= 15 is 0 Å². The predicted molar refractivity (Wildman–Crippen MR) is 96.5 cm³/mol. The molecule has 1 atom stereocenters. The largest absolute Gasteiger partial charge is 0.382 e. The lowest BCUT2D eigenvalue weighted by atomic mass is 10.1. The summed E-state index contributed by atoms with van der Waals surface area (Å²) in [4.78, 5) is 12.7. The van der Waals surface area contributed by atoms with E-state index in [0.29, 0.717) is 32.0 Å². The molecule has 0 bridgehead atoms. The van der Waals surface area contributed by atoms with Gasteiger partial charge in [-0.15, -0.1) is 0 Å². The molecule has 0 saturated heterocycles. The average Bonchev–Trinajstić information content (AvgIpc) is 3.07. The Kier molecular flexibility index (Phi) is 3.71. The van der Waals surface area contributed by atoms with Crippen LogP contribution in [0, 0.1) is 0 Å². The molecule has 0 aromatic heterocycles. The normalized spacial score (nSPS) is 21.4. The van der Waals surface area contributed by atoms with Gasteiger partial charge in [0.2, 0.25) is 5.78 Å². The second-order valence-electron chi connectivity index (χ2n) is 5.37. The first-order valence-electron chi connectivity index (χ1n) is 6.87. The highest BCUT2D eigenvalue weighted by Gasteiger charge is 2.38. The Morgan fingerprint density at radius 1 is 0.833 bits per heavy atom. The lowest BCUT2D eigenvalue weighted by molar-refractivity contribution is 0.103. The molecule has 8 heteroatoms. The molecule has 0 amide bonds. The van der Waals surface area contributed by atoms with Gasteiger partial charge in [-0.25, -0.2) is 0 Å². The molecule has 122 valence electrons. The quantitative estimate of drug-likeness (QED) is 0.525. The van der Waals surface area contributed by atoms with Gasteiger partial charge in [-0.3, -0.25) is 4.79 Å². The Morgan fingerprint density at radius 3 is 2.04 bits per heavy atom. The molecule has 0 aliphatic carbocycles. The van der Waals surface area contributed by atoms with Crippen LogP contribution in [-0.4, -0.2) is 10.9 Å². The first-order valence-corrected chi connectivity index (χ1v) is 8.38. The molecular weight excluding hydrogens is 394 g/mol. The van der Waals surface area contributed by atoms with Gasteiger partial charge in [0.25, 0.3) is 0 Å². The fourth-order valence-corrected chi connectivity index (χ4v) is 3.82. The Hall–Kier alpha value is -1.43. The highest BCUT2D eigenvalue weighted by Crippen LogP contribution is 2.48. The number of nitrogens with one attached hydrogen (secondary N) is 2. The van der Waals surface area contributed by atoms with Crippen molar-refractivity contribution in [3.8, 4) is 0 Å². The number of hydrogen-bond acceptors (Lipinski definition) is 4. The summed E-state index contributed by atoms with van der Waals surface area (Å²) in [5.74, 6) is -0.362. The summed E-state index contributed by atoms with van der Waals surface area (Å²) < 4.78 is 0. The number of anilines is 2. The van der Waals surface area contributed by atoms with Gasteiger partial charge >= 0.3 is 0 Å². The van der Waals surface area contributed by atoms with Crippen molar-refractivity contribution >= 4 is 63.6 Å². The van der Waals surface area contributed by atoms with E-state index in [9.17, 15) is 9.90 Å². The summed E-state index contributed by atoms with van der Waals surface area (Å²) in [5.41, 5.74) is 2.01. The van der Waals surface area contributed by atoms with Crippen LogP contribution >= 0.6 is 46.4 Å². The third kappa shape index (κ3) is 2.15. The highest BCUT2D eigenvalue weighted by atomic mass is 35.5. The van der Waals surface area contributed by atoms with Gasteiger partial charge in [0, 0.05) is 10.6 Å². The van der Waals surface area contributed by atoms with Crippen LogP contribution in [0.3, 0.4) is 0 Å². The zero-order valence-electron chi connectivity index (χ0n) is 11.8. The molecule has 2 aliphatic heterocycles. The van der Waals surface area contributed by atoms with Crippen LogP contribution in [0.2, 0.25) is 20.1 Å². The molecule has 1 unspecified atom stereocenters. The SMILES string of the molecule is O=C1/C(=C2\Nc3c(Cl)ccc(Cl)c3C2O)Nc2c(Cl)ccc(Cl)c21. The van der Waals surface area contributed by atoms with Gasteiger partial charge in [0.15, 0.2) is 0 Å². The Bertz CT molecular complexity index is 956. The lowest BCUT2D eigenvalue weighted by Gasteiger charge is -2.09. The topological polar surface area (TPSA) is 61.4 Å². The van der Waals surface area contributed by atoms with Crippen molar-refractivity contribution in [2.45, 2.75) is 6.10 Å². The van der Waals surface area contributed by atoms with E-state index in [1.165, 1.54) is 0 Å². The van der Waals surface area contributed by atoms with Gasteiger partial charge in [0.05, 0.1) is 37.7 Å². The molecule has 0 fully saturated rings. The van der Waals surface area contributed by atoms with Crippen LogP contribution in [0.25, 0.3) is 0 Å². The molecule has 2 aromatic rings. The van der Waals surface area contributed by atoms with Gasteiger partial charge in [-0.05, 0) is 24.3 Å². The van der Waals surface area contributed by atoms with Crippen molar-refractivity contribution in [2.75, 3.05) is 10.6 Å². The number of carbonyl (C=O) groups is 1. The molecule has 2 heterocycles. The van der Waals surface area contributed by atoms with E-state index in [4.69, 9.17) is 46.4 Å². The summed E-state index contributed by atoms with van der Waals surface area (Å²) in [6.45, 7) is 0. The molecular formula is C16H8Cl4N2O2. The van der Waals surface area contributed by atoms with Crippen LogP contribution in [0.4, 0.5) is 11.4 Å². The predicted octanol–water partition coefficient (Wildman–Crippen LogP) is 5.28. The van der Waals surface area contributed by atoms with E-state index in [0.717, 1.165) is 0 Å². The third-order valence-electron chi connectivity index (χ3n) is 4.03. The van der Waals surface area contributed by atoms with Gasteiger partial charge < -0.3 is 15.7 Å². The number of carbonyl (C=O) groups excluding carboxylic acids is 1. The van der Waals surface area contributed by atoms with Crippen LogP contribution in [-0.2, 0) is 0 Å². The second kappa shape index (κ2) is 5.55. The Morgan fingerprint density at radius 2 is 1.42 bits per heavy atom. The van der Waals surface area contributed by atoms with Gasteiger partial charge in [-0.1, -0.05) is 46.4 Å². The molecule has 24 heavy (non-hydrogen) atoms. The first-order chi connectivity index (χ1) is 11.4. The van der Waals surface area contributed by atoms with E-state index in [1.54, 1.807) is 24.3 Å². The molecule has 0 radical (unpaired) electrons. The molecule has 4 rings (SSSR count). The monoisotopic (exact) mass is 400 g/mol. The molecule has 3 N–H and O–H groups in total. The second-order valence-corrected chi connectivity index (χ2v) is 7.00. The number of rotatable bonds is 0. The van der Waals surface area contributed by atoms with Crippen LogP contribution < -0.4 is 10.6 Å². The number of Topliss-reactive ketones (excluding diaryl/α,β-unsaturated/α-hetero) is 1. The van der Waals surface area contributed by atoms with Gasteiger partial charge in [0.1, 0.15) is 11.8 Å². The van der Waals surface area contributed by atoms with E-state index in [-0.39, 0.29) is 27.8 Å². The fourth-order valence-electron chi connectivity index (χ4n) is 2.90. The van der Waals surface area contributed by atoms with Gasteiger partial charge in [-0.2, -0.15) is 0 Å². The number of hydrogen-bond donors (Lipinski definition) is 3. The van der Waals surface area contributed by atoms with Crippen LogP contribution in [0.15, 0.2) is 35.7 Å². The Labute approximate surface area is 157 Å². The summed E-state index contributed by atoms with van der Waals surface area (Å²) in [7, 11) is 0. The number of ketones is 1. The fraction of sp³-hybridized carbons (Fsp3) is 0.0625. The summed E-state index contributed by atoms with van der Waals surface area (Å²) in [5, 5.41) is 17.9. The maximum absolute atomic E-state index is 12.7. The minimum absolute atomic E-state index is 0.163. The summed E-state index contributed by atoms with van der Waals surface area (Å²) >= 11 is 24.6. The van der Waals surface area contributed by atoms with Crippen LogP contribution in [0.5, 0.6) is 0 Å². The number of aliphatic hydroxyl groups excluding tert-OH is 1. The standard InChI is InChI=1S/C16H8Cl4N2O2/c17-5-1-3-7(19)11-9(5)15(23)13(21-11)14-16(24)10-6(18)2-4-8(20)12(10)22-14/h1-4,15,21-23H/b14-13+. The lowest BCUT2D eigenvalue weighted by Crippen LogP contribution is -2.12. The zero-order chi connectivity index (χ0) is 17.2. The molecule has 0 saturated carbocycles. The van der Waals surface area contributed by atoms with Crippen molar-refractivity contribution in [1.82, 2.24) is 0 Å².